The molecule has 2 heterocycles. The molecule has 1 aliphatic rings. The summed E-state index contributed by atoms with van der Waals surface area (Å²) in [5.74, 6) is -0.394. The maximum atomic E-state index is 12.8. The molecule has 0 spiro atoms. The molecular weight excluding hydrogens is 376 g/mol. The second-order valence-electron chi connectivity index (χ2n) is 6.62. The van der Waals surface area contributed by atoms with Crippen LogP contribution < -0.4 is 10.6 Å². The van der Waals surface area contributed by atoms with Gasteiger partial charge in [-0.15, -0.1) is 0 Å². The van der Waals surface area contributed by atoms with Crippen LogP contribution in [0.4, 0.5) is 11.4 Å². The van der Waals surface area contributed by atoms with Crippen LogP contribution in [0.25, 0.3) is 0 Å². The van der Waals surface area contributed by atoms with Crippen molar-refractivity contribution in [1.82, 2.24) is 9.55 Å². The highest BCUT2D eigenvalue weighted by Crippen LogP contribution is 2.23. The first-order valence-corrected chi connectivity index (χ1v) is 9.52. The van der Waals surface area contributed by atoms with Gasteiger partial charge in [-0.3, -0.25) is 9.59 Å². The van der Waals surface area contributed by atoms with Gasteiger partial charge in [-0.1, -0.05) is 29.8 Å². The van der Waals surface area contributed by atoms with E-state index in [4.69, 9.17) is 11.6 Å². The molecule has 0 radical (unpaired) electrons. The smallest absolute Gasteiger partial charge is 0.291 e. The first-order chi connectivity index (χ1) is 13.6. The minimum atomic E-state index is -0.343. The number of imidazole rings is 1. The van der Waals surface area contributed by atoms with Crippen LogP contribution >= 0.6 is 11.6 Å². The third kappa shape index (κ3) is 3.77. The Kier molecular flexibility index (Phi) is 5.12. The molecule has 1 aromatic heterocycles. The van der Waals surface area contributed by atoms with Gasteiger partial charge in [0.1, 0.15) is 0 Å². The molecule has 0 fully saturated rings. The highest BCUT2D eigenvalue weighted by molar-refractivity contribution is 6.30. The first-order valence-electron chi connectivity index (χ1n) is 9.14. The predicted octanol–water partition coefficient (Wildman–Crippen LogP) is 4.38. The molecule has 1 aliphatic heterocycles. The molecule has 2 aromatic carbocycles. The summed E-state index contributed by atoms with van der Waals surface area (Å²) >= 11 is 5.89. The number of nitrogens with zero attached hydrogens (tertiary/aromatic N) is 2. The Morgan fingerprint density at radius 2 is 1.57 bits per heavy atom. The quantitative estimate of drug-likeness (QED) is 0.689. The van der Waals surface area contributed by atoms with Crippen molar-refractivity contribution in [2.45, 2.75) is 25.8 Å². The van der Waals surface area contributed by atoms with E-state index in [1.165, 1.54) is 0 Å². The topological polar surface area (TPSA) is 76.0 Å². The van der Waals surface area contributed by atoms with Gasteiger partial charge in [0.05, 0.1) is 5.69 Å². The third-order valence-electron chi connectivity index (χ3n) is 4.67. The van der Waals surface area contributed by atoms with Gasteiger partial charge in [0.25, 0.3) is 11.8 Å². The number of anilines is 2. The Bertz CT molecular complexity index is 1010. The summed E-state index contributed by atoms with van der Waals surface area (Å²) in [6, 6.07) is 16.1. The lowest BCUT2D eigenvalue weighted by Gasteiger charge is -2.17. The van der Waals surface area contributed by atoms with Crippen LogP contribution in [0, 0.1) is 0 Å². The molecule has 0 saturated carbocycles. The van der Waals surface area contributed by atoms with Crippen LogP contribution in [0.15, 0.2) is 54.6 Å². The number of carbonyl (C=O) groups is 2. The van der Waals surface area contributed by atoms with E-state index in [1.54, 1.807) is 24.3 Å². The fourth-order valence-electron chi connectivity index (χ4n) is 3.33. The van der Waals surface area contributed by atoms with Crippen LogP contribution in [0.5, 0.6) is 0 Å². The van der Waals surface area contributed by atoms with Crippen LogP contribution in [0.3, 0.4) is 0 Å². The Balaban J connectivity index is 1.62. The van der Waals surface area contributed by atoms with E-state index < -0.39 is 0 Å². The number of benzene rings is 2. The number of amides is 2. The summed E-state index contributed by atoms with van der Waals surface area (Å²) in [5.41, 5.74) is 2.43. The first kappa shape index (κ1) is 18.3. The van der Waals surface area contributed by atoms with Gasteiger partial charge in [0, 0.05) is 22.9 Å². The van der Waals surface area contributed by atoms with Crippen molar-refractivity contribution in [2.75, 3.05) is 10.6 Å². The molecule has 0 saturated heterocycles. The fraction of sp³-hybridized carbons (Fsp3) is 0.190. The Hall–Kier alpha value is -3.12. The van der Waals surface area contributed by atoms with Gasteiger partial charge in [0.15, 0.2) is 11.5 Å². The summed E-state index contributed by atoms with van der Waals surface area (Å²) in [4.78, 5) is 30.0. The standard InChI is InChI=1S/C21H19ClN4O2/c22-14-9-11-16(12-10-14)24-21(28)19-25-18(17-8-4-5-13-26(17)19)20(27)23-15-6-2-1-3-7-15/h1-3,6-7,9-12H,4-5,8,13H2,(H,23,27)(H,24,28). The number of para-hydroxylation sites is 1. The Morgan fingerprint density at radius 1 is 0.893 bits per heavy atom. The van der Waals surface area contributed by atoms with Crippen molar-refractivity contribution in [3.8, 4) is 0 Å². The van der Waals surface area contributed by atoms with E-state index in [0.29, 0.717) is 28.6 Å². The number of carbonyl (C=O) groups excluding carboxylic acids is 2. The van der Waals surface area contributed by atoms with Crippen molar-refractivity contribution < 1.29 is 9.59 Å². The maximum absolute atomic E-state index is 12.8. The van der Waals surface area contributed by atoms with Crippen molar-refractivity contribution in [3.63, 3.8) is 0 Å². The van der Waals surface area contributed by atoms with E-state index in [9.17, 15) is 9.59 Å². The van der Waals surface area contributed by atoms with E-state index >= 15 is 0 Å². The number of aromatic nitrogens is 2. The minimum absolute atomic E-state index is 0.253. The monoisotopic (exact) mass is 394 g/mol. The largest absolute Gasteiger partial charge is 0.323 e. The fourth-order valence-corrected chi connectivity index (χ4v) is 3.46. The lowest BCUT2D eigenvalue weighted by molar-refractivity contribution is 0.101. The lowest BCUT2D eigenvalue weighted by atomic mass is 10.1. The zero-order chi connectivity index (χ0) is 19.5. The molecule has 0 atom stereocenters. The van der Waals surface area contributed by atoms with Gasteiger partial charge in [0.2, 0.25) is 0 Å². The van der Waals surface area contributed by atoms with Gasteiger partial charge in [-0.05, 0) is 55.7 Å². The molecule has 28 heavy (non-hydrogen) atoms. The van der Waals surface area contributed by atoms with Crippen LogP contribution in [0.1, 0.15) is 39.6 Å². The van der Waals surface area contributed by atoms with E-state index in [1.807, 2.05) is 34.9 Å². The molecule has 2 amide bonds. The Labute approximate surface area is 167 Å². The lowest BCUT2D eigenvalue weighted by Crippen LogP contribution is -2.21. The van der Waals surface area contributed by atoms with E-state index in [0.717, 1.165) is 25.0 Å². The average Bonchev–Trinajstić information content (AvgIpc) is 3.10. The van der Waals surface area contributed by atoms with E-state index in [2.05, 4.69) is 15.6 Å². The highest BCUT2D eigenvalue weighted by Gasteiger charge is 2.27. The summed E-state index contributed by atoms with van der Waals surface area (Å²) in [6.07, 6.45) is 2.64. The van der Waals surface area contributed by atoms with Crippen molar-refractivity contribution in [1.29, 1.82) is 0 Å². The summed E-state index contributed by atoms with van der Waals surface area (Å²) in [6.45, 7) is 0.671. The molecule has 0 aliphatic carbocycles. The molecule has 2 N–H and O–H groups in total. The van der Waals surface area contributed by atoms with Gasteiger partial charge in [-0.25, -0.2) is 4.98 Å². The minimum Gasteiger partial charge on any atom is -0.323 e. The average molecular weight is 395 g/mol. The molecule has 0 unspecified atom stereocenters. The molecule has 3 aromatic rings. The van der Waals surface area contributed by atoms with Crippen molar-refractivity contribution in [3.05, 3.63) is 76.8 Å². The maximum Gasteiger partial charge on any atom is 0.291 e. The summed E-state index contributed by atoms with van der Waals surface area (Å²) in [7, 11) is 0. The van der Waals surface area contributed by atoms with Crippen LogP contribution in [-0.2, 0) is 13.0 Å². The van der Waals surface area contributed by atoms with Crippen molar-refractivity contribution >= 4 is 34.8 Å². The second kappa shape index (κ2) is 7.86. The number of hydrogen-bond donors (Lipinski definition) is 2. The summed E-state index contributed by atoms with van der Waals surface area (Å²) < 4.78 is 1.86. The molecular formula is C21H19ClN4O2. The predicted molar refractivity (Wildman–Crippen MR) is 109 cm³/mol. The molecule has 4 rings (SSSR count). The second-order valence-corrected chi connectivity index (χ2v) is 7.06. The normalized spacial score (nSPS) is 12.9. The van der Waals surface area contributed by atoms with Gasteiger partial charge < -0.3 is 15.2 Å². The molecule has 0 bridgehead atoms. The van der Waals surface area contributed by atoms with Gasteiger partial charge in [-0.2, -0.15) is 0 Å². The van der Waals surface area contributed by atoms with E-state index in [-0.39, 0.29) is 17.6 Å². The number of halogens is 1. The number of hydrogen-bond acceptors (Lipinski definition) is 3. The molecule has 6 nitrogen and oxygen atoms in total. The molecule has 142 valence electrons. The zero-order valence-corrected chi connectivity index (χ0v) is 15.9. The van der Waals surface area contributed by atoms with Crippen LogP contribution in [0.2, 0.25) is 5.02 Å². The zero-order valence-electron chi connectivity index (χ0n) is 15.1. The van der Waals surface area contributed by atoms with Crippen LogP contribution in [-0.4, -0.2) is 21.4 Å². The highest BCUT2D eigenvalue weighted by atomic mass is 35.5. The number of nitrogens with one attached hydrogen (secondary N) is 2. The van der Waals surface area contributed by atoms with Crippen molar-refractivity contribution in [2.24, 2.45) is 0 Å². The third-order valence-corrected chi connectivity index (χ3v) is 4.92. The summed E-state index contributed by atoms with van der Waals surface area (Å²) in [5, 5.41) is 6.27. The Morgan fingerprint density at radius 3 is 2.32 bits per heavy atom. The number of rotatable bonds is 4. The van der Waals surface area contributed by atoms with Gasteiger partial charge >= 0.3 is 0 Å². The molecule has 7 heteroatoms. The number of fused-ring (bicyclic) bond motifs is 1. The SMILES string of the molecule is O=C(Nc1ccccc1)c1nc(C(=O)Nc2ccc(Cl)cc2)n2c1CCCC2.